The predicted molar refractivity (Wildman–Crippen MR) is 138 cm³/mol. The van der Waals surface area contributed by atoms with Gasteiger partial charge in [-0.2, -0.15) is 0 Å². The molecule has 4 N–H and O–H groups in total. The molecule has 11 heteroatoms. The molecule has 11 nitrogen and oxygen atoms in total. The van der Waals surface area contributed by atoms with Crippen LogP contribution >= 0.6 is 0 Å². The van der Waals surface area contributed by atoms with Crippen molar-refractivity contribution >= 4 is 34.9 Å². The van der Waals surface area contributed by atoms with Crippen molar-refractivity contribution in [1.29, 1.82) is 0 Å². The number of fused-ring (bicyclic) bond motifs is 3. The number of Topliss-reactive ketones (excluding diaryl/α,β-unsaturated/α-hetero) is 2. The summed E-state index contributed by atoms with van der Waals surface area (Å²) in [6.45, 7) is 5.23. The van der Waals surface area contributed by atoms with Crippen molar-refractivity contribution in [2.45, 2.75) is 33.1 Å². The van der Waals surface area contributed by atoms with Crippen molar-refractivity contribution in [2.75, 3.05) is 19.0 Å². The molecule has 4 rings (SSSR count). The lowest BCUT2D eigenvalue weighted by molar-refractivity contribution is -0.124. The quantitative estimate of drug-likeness (QED) is 0.187. The van der Waals surface area contributed by atoms with E-state index in [1.165, 1.54) is 59.1 Å². The Morgan fingerprint density at radius 2 is 1.69 bits per heavy atom. The zero-order chi connectivity index (χ0) is 28.8. The third-order valence-electron chi connectivity index (χ3n) is 6.86. The van der Waals surface area contributed by atoms with E-state index in [-0.39, 0.29) is 46.0 Å². The van der Waals surface area contributed by atoms with E-state index >= 15 is 0 Å². The number of phenols is 2. The number of esters is 1. The van der Waals surface area contributed by atoms with Gasteiger partial charge in [-0.3, -0.25) is 19.2 Å². The van der Waals surface area contributed by atoms with Gasteiger partial charge in [0.1, 0.15) is 34.0 Å². The van der Waals surface area contributed by atoms with E-state index in [0.29, 0.717) is 11.3 Å². The number of allylic oxidation sites excluding steroid dienone is 4. The number of phenolic OH excluding ortho intramolecular Hbond substituents is 2. The van der Waals surface area contributed by atoms with Crippen LogP contribution in [0.5, 0.6) is 17.2 Å². The molecule has 0 fully saturated rings. The summed E-state index contributed by atoms with van der Waals surface area (Å²) in [6.07, 6.45) is 1.10. The summed E-state index contributed by atoms with van der Waals surface area (Å²) < 4.78 is 10.4. The molecule has 1 atom stereocenters. The minimum Gasteiger partial charge on any atom is -0.507 e. The number of rotatable bonds is 6. The van der Waals surface area contributed by atoms with Gasteiger partial charge in [-0.15, -0.1) is 0 Å². The Labute approximate surface area is 223 Å². The van der Waals surface area contributed by atoms with Crippen molar-refractivity contribution in [3.05, 3.63) is 69.6 Å². The van der Waals surface area contributed by atoms with Crippen LogP contribution in [0.1, 0.15) is 52.6 Å². The number of carbonyl (C=O) groups excluding carboxylic acids is 5. The number of methoxy groups -OCH3 is 1. The molecule has 0 radical (unpaired) electrons. The number of ketones is 3. The average molecular weight is 535 g/mol. The summed E-state index contributed by atoms with van der Waals surface area (Å²) in [6, 6.07) is 6.02. The van der Waals surface area contributed by atoms with E-state index in [4.69, 9.17) is 4.74 Å². The highest BCUT2D eigenvalue weighted by Gasteiger charge is 2.56. The zero-order valence-corrected chi connectivity index (χ0v) is 21.8. The van der Waals surface area contributed by atoms with Crippen molar-refractivity contribution in [2.24, 2.45) is 0 Å². The molecule has 0 unspecified atom stereocenters. The molecule has 0 spiro atoms. The molecular weight excluding hydrogens is 508 g/mol. The Balaban J connectivity index is 1.61. The first-order chi connectivity index (χ1) is 18.3. The molecule has 1 amide bonds. The van der Waals surface area contributed by atoms with E-state index in [2.05, 4.69) is 15.4 Å². The number of amides is 1. The minimum atomic E-state index is -1.65. The second kappa shape index (κ2) is 9.75. The first kappa shape index (κ1) is 27.1. The lowest BCUT2D eigenvalue weighted by Crippen LogP contribution is -2.41. The molecule has 39 heavy (non-hydrogen) atoms. The Bertz CT molecular complexity index is 1530. The number of ether oxygens (including phenoxy) is 2. The Hall–Kier alpha value is -4.93. The van der Waals surface area contributed by atoms with Crippen molar-refractivity contribution in [1.82, 2.24) is 5.32 Å². The number of anilines is 1. The number of hydrogen-bond acceptors (Lipinski definition) is 10. The molecule has 0 bridgehead atoms. The summed E-state index contributed by atoms with van der Waals surface area (Å²) in [5, 5.41) is 26.7. The normalized spacial score (nSPS) is 18.8. The van der Waals surface area contributed by atoms with Crippen LogP contribution < -0.4 is 15.4 Å². The van der Waals surface area contributed by atoms with E-state index in [1.54, 1.807) is 0 Å². The molecule has 0 aromatic heterocycles. The van der Waals surface area contributed by atoms with Gasteiger partial charge in [-0.1, -0.05) is 0 Å². The van der Waals surface area contributed by atoms with Gasteiger partial charge in [0.2, 0.25) is 5.91 Å². The fraction of sp³-hybridized carbons (Fsp3) is 0.250. The van der Waals surface area contributed by atoms with Crippen LogP contribution in [0, 0.1) is 6.92 Å². The van der Waals surface area contributed by atoms with Crippen LogP contribution in [0.4, 0.5) is 5.69 Å². The van der Waals surface area contributed by atoms with Gasteiger partial charge < -0.3 is 30.3 Å². The third kappa shape index (κ3) is 4.31. The highest BCUT2D eigenvalue weighted by atomic mass is 16.5. The summed E-state index contributed by atoms with van der Waals surface area (Å²) in [5.41, 5.74) is -1.29. The van der Waals surface area contributed by atoms with Gasteiger partial charge in [-0.05, 0) is 52.0 Å². The Morgan fingerprint density at radius 1 is 1.05 bits per heavy atom. The average Bonchev–Trinajstić information content (AvgIpc) is 3.18. The maximum Gasteiger partial charge on any atom is 0.337 e. The molecule has 0 saturated carbocycles. The number of hydrogen-bond donors (Lipinski definition) is 4. The van der Waals surface area contributed by atoms with Crippen LogP contribution in [0.15, 0.2) is 47.4 Å². The van der Waals surface area contributed by atoms with E-state index in [9.17, 15) is 34.2 Å². The minimum absolute atomic E-state index is 0.00797. The van der Waals surface area contributed by atoms with Crippen LogP contribution in [-0.2, 0) is 24.5 Å². The molecule has 0 saturated heterocycles. The molecule has 1 aliphatic carbocycles. The van der Waals surface area contributed by atoms with E-state index in [0.717, 1.165) is 6.08 Å². The highest BCUT2D eigenvalue weighted by Crippen LogP contribution is 2.57. The fourth-order valence-corrected chi connectivity index (χ4v) is 4.68. The standard InChI is InChI=1S/C28H26N2O9/c1-12-23(34)21(14(3)31)25-22(24(12)35)28(4)18(39-25)10-17(32)20(26(28)36)13(2)29-11-19(33)30-16-8-6-15(7-9-16)27(37)38-5/h6-10,29,34-35H,11H2,1-5H3,(H,30,33)/t28-/m0/s1. The van der Waals surface area contributed by atoms with Gasteiger partial charge in [-0.25, -0.2) is 4.79 Å². The van der Waals surface area contributed by atoms with Crippen molar-refractivity contribution in [3.63, 3.8) is 0 Å². The molecule has 2 aromatic rings. The van der Waals surface area contributed by atoms with Crippen molar-refractivity contribution < 1.29 is 43.7 Å². The first-order valence-electron chi connectivity index (χ1n) is 11.8. The molecule has 2 aliphatic rings. The second-order valence-corrected chi connectivity index (χ2v) is 9.36. The molecular formula is C28H26N2O9. The molecule has 202 valence electrons. The predicted octanol–water partition coefficient (Wildman–Crippen LogP) is 2.58. The Morgan fingerprint density at radius 3 is 2.28 bits per heavy atom. The van der Waals surface area contributed by atoms with Crippen LogP contribution in [0.25, 0.3) is 0 Å². The van der Waals surface area contributed by atoms with E-state index in [1.807, 2.05) is 0 Å². The first-order valence-corrected chi connectivity index (χ1v) is 11.8. The monoisotopic (exact) mass is 534 g/mol. The second-order valence-electron chi connectivity index (χ2n) is 9.36. The van der Waals surface area contributed by atoms with Gasteiger partial charge in [0.05, 0.1) is 30.4 Å². The molecule has 1 heterocycles. The SMILES string of the molecule is COC(=O)c1ccc(NC(=O)CNC(C)=C2C(=O)C=C3Oc4c(C(C)=O)c(O)c(C)c(O)c4[C@@]3(C)C2=O)cc1. The van der Waals surface area contributed by atoms with Gasteiger partial charge in [0, 0.05) is 23.0 Å². The van der Waals surface area contributed by atoms with Crippen molar-refractivity contribution in [3.8, 4) is 17.2 Å². The molecule has 2 aromatic carbocycles. The number of benzene rings is 2. The summed E-state index contributed by atoms with van der Waals surface area (Å²) in [5.74, 6) is -4.10. The smallest absolute Gasteiger partial charge is 0.337 e. The van der Waals surface area contributed by atoms with Crippen LogP contribution in [0.3, 0.4) is 0 Å². The van der Waals surface area contributed by atoms with Gasteiger partial charge in [0.15, 0.2) is 17.3 Å². The maximum absolute atomic E-state index is 13.8. The van der Waals surface area contributed by atoms with Crippen LogP contribution in [-0.4, -0.2) is 53.1 Å². The largest absolute Gasteiger partial charge is 0.507 e. The lowest BCUT2D eigenvalue weighted by atomic mass is 9.70. The number of nitrogens with one attached hydrogen (secondary N) is 2. The van der Waals surface area contributed by atoms with Crippen LogP contribution in [0.2, 0.25) is 0 Å². The fourth-order valence-electron chi connectivity index (χ4n) is 4.68. The lowest BCUT2D eigenvalue weighted by Gasteiger charge is -2.29. The Kier molecular flexibility index (Phi) is 6.78. The molecule has 1 aliphatic heterocycles. The topological polar surface area (TPSA) is 168 Å². The van der Waals surface area contributed by atoms with Gasteiger partial charge >= 0.3 is 5.97 Å². The number of aromatic hydroxyl groups is 2. The summed E-state index contributed by atoms with van der Waals surface area (Å²) >= 11 is 0. The summed E-state index contributed by atoms with van der Waals surface area (Å²) in [7, 11) is 1.26. The summed E-state index contributed by atoms with van der Waals surface area (Å²) in [4.78, 5) is 63.1. The van der Waals surface area contributed by atoms with Gasteiger partial charge in [0.25, 0.3) is 0 Å². The number of carbonyl (C=O) groups is 5. The zero-order valence-electron chi connectivity index (χ0n) is 21.8. The third-order valence-corrected chi connectivity index (χ3v) is 6.86. The highest BCUT2D eigenvalue weighted by molar-refractivity contribution is 6.31. The maximum atomic E-state index is 13.8. The van der Waals surface area contributed by atoms with E-state index < -0.39 is 46.1 Å².